The fraction of sp³-hybridized carbons (Fsp3) is 0.308. The zero-order valence-corrected chi connectivity index (χ0v) is 12.1. The predicted octanol–water partition coefficient (Wildman–Crippen LogP) is 2.36. The van der Waals surface area contributed by atoms with Crippen molar-refractivity contribution in [1.29, 1.82) is 0 Å². The first-order valence-corrected chi connectivity index (χ1v) is 6.97. The van der Waals surface area contributed by atoms with Crippen molar-refractivity contribution >= 4 is 29.1 Å². The van der Waals surface area contributed by atoms with E-state index in [1.54, 1.807) is 34.0 Å². The van der Waals surface area contributed by atoms with Gasteiger partial charge < -0.3 is 4.90 Å². The lowest BCUT2D eigenvalue weighted by molar-refractivity contribution is 0.0460. The molecule has 0 atom stereocenters. The third-order valence-corrected chi connectivity index (χ3v) is 4.07. The zero-order valence-electron chi connectivity index (χ0n) is 10.5. The highest BCUT2D eigenvalue weighted by atomic mass is 35.5. The Balaban J connectivity index is 1.59. The number of rotatable bonds is 3. The van der Waals surface area contributed by atoms with Gasteiger partial charge in [0.25, 0.3) is 5.91 Å². The second kappa shape index (κ2) is 5.42. The Kier molecular flexibility index (Phi) is 3.63. The Morgan fingerprint density at radius 1 is 1.30 bits per heavy atom. The molecule has 1 amide bonds. The first kappa shape index (κ1) is 13.4. The number of hydrogen-bond acceptors (Lipinski definition) is 3. The fourth-order valence-electron chi connectivity index (χ4n) is 2.26. The van der Waals surface area contributed by atoms with E-state index in [0.717, 1.165) is 19.6 Å². The predicted molar refractivity (Wildman–Crippen MR) is 75.9 cm³/mol. The molecule has 2 heterocycles. The molecule has 0 N–H and O–H groups in total. The van der Waals surface area contributed by atoms with Gasteiger partial charge >= 0.3 is 0 Å². The van der Waals surface area contributed by atoms with Gasteiger partial charge in [-0.1, -0.05) is 28.4 Å². The second-order valence-corrected chi connectivity index (χ2v) is 5.64. The molecule has 0 aliphatic carbocycles. The average Bonchev–Trinajstić information content (AvgIpc) is 2.89. The molecular weight excluding hydrogens is 299 g/mol. The molecule has 7 heteroatoms. The van der Waals surface area contributed by atoms with Crippen LogP contribution in [0.15, 0.2) is 30.6 Å². The van der Waals surface area contributed by atoms with Crippen LogP contribution in [0.2, 0.25) is 10.0 Å². The Morgan fingerprint density at radius 2 is 2.10 bits per heavy atom. The summed E-state index contributed by atoms with van der Waals surface area (Å²) in [6, 6.07) is 4.95. The molecule has 5 nitrogen and oxygen atoms in total. The molecule has 0 unspecified atom stereocenters. The smallest absolute Gasteiger partial charge is 0.253 e. The van der Waals surface area contributed by atoms with Crippen LogP contribution in [0.25, 0.3) is 0 Å². The van der Waals surface area contributed by atoms with Crippen molar-refractivity contribution in [2.45, 2.75) is 6.54 Å². The number of likely N-dealkylation sites (tertiary alicyclic amines) is 1. The Morgan fingerprint density at radius 3 is 2.75 bits per heavy atom. The molecular formula is C13H12Cl2N4O. The van der Waals surface area contributed by atoms with Crippen molar-refractivity contribution in [3.05, 3.63) is 46.2 Å². The molecule has 3 rings (SSSR count). The zero-order chi connectivity index (χ0) is 14.1. The maximum Gasteiger partial charge on any atom is 0.253 e. The Bertz CT molecular complexity index is 623. The molecule has 1 aromatic carbocycles. The summed E-state index contributed by atoms with van der Waals surface area (Å²) in [5.41, 5.74) is 0.568. The lowest BCUT2D eigenvalue weighted by atomic mass is 9.99. The summed E-state index contributed by atoms with van der Waals surface area (Å²) in [5.74, 6) is 0.404. The van der Waals surface area contributed by atoms with Crippen LogP contribution >= 0.6 is 23.2 Å². The molecule has 104 valence electrons. The topological polar surface area (TPSA) is 51.0 Å². The number of amides is 1. The summed E-state index contributed by atoms with van der Waals surface area (Å²) in [6.45, 7) is 2.23. The van der Waals surface area contributed by atoms with Crippen LogP contribution in [0.1, 0.15) is 10.4 Å². The molecule has 1 aliphatic rings. The van der Waals surface area contributed by atoms with Gasteiger partial charge in [-0.3, -0.25) is 9.48 Å². The van der Waals surface area contributed by atoms with E-state index in [2.05, 4.69) is 10.3 Å². The number of aromatic nitrogens is 3. The first-order chi connectivity index (χ1) is 9.63. The van der Waals surface area contributed by atoms with Gasteiger partial charge in [-0.15, -0.1) is 5.10 Å². The minimum Gasteiger partial charge on any atom is -0.338 e. The molecule has 0 bridgehead atoms. The minimum atomic E-state index is -0.0154. The average molecular weight is 311 g/mol. The van der Waals surface area contributed by atoms with Crippen LogP contribution in [0.3, 0.4) is 0 Å². The van der Waals surface area contributed by atoms with Gasteiger partial charge in [0.2, 0.25) is 0 Å². The lowest BCUT2D eigenvalue weighted by Crippen LogP contribution is -2.51. The van der Waals surface area contributed by atoms with Crippen LogP contribution in [0.4, 0.5) is 0 Å². The summed E-state index contributed by atoms with van der Waals surface area (Å²) in [6.07, 6.45) is 3.47. The lowest BCUT2D eigenvalue weighted by Gasteiger charge is -2.39. The van der Waals surface area contributed by atoms with Gasteiger partial charge in [-0.05, 0) is 18.2 Å². The largest absolute Gasteiger partial charge is 0.338 e. The first-order valence-electron chi connectivity index (χ1n) is 6.22. The summed E-state index contributed by atoms with van der Waals surface area (Å²) >= 11 is 11.8. The quantitative estimate of drug-likeness (QED) is 0.874. The summed E-state index contributed by atoms with van der Waals surface area (Å²) in [5, 5.41) is 8.53. The highest BCUT2D eigenvalue weighted by Gasteiger charge is 2.31. The maximum atomic E-state index is 12.2. The maximum absolute atomic E-state index is 12.2. The monoisotopic (exact) mass is 310 g/mol. The van der Waals surface area contributed by atoms with Crippen LogP contribution in [-0.4, -0.2) is 38.9 Å². The van der Waals surface area contributed by atoms with Crippen molar-refractivity contribution in [1.82, 2.24) is 19.9 Å². The van der Waals surface area contributed by atoms with Gasteiger partial charge in [0, 0.05) is 37.3 Å². The highest BCUT2D eigenvalue weighted by Crippen LogP contribution is 2.25. The van der Waals surface area contributed by atoms with Gasteiger partial charge in [-0.25, -0.2) is 0 Å². The molecule has 0 saturated carbocycles. The second-order valence-electron chi connectivity index (χ2n) is 4.83. The number of halogens is 2. The van der Waals surface area contributed by atoms with E-state index in [0.29, 0.717) is 21.5 Å². The molecule has 1 fully saturated rings. The molecule has 2 aromatic rings. The Labute approximate surface area is 126 Å². The van der Waals surface area contributed by atoms with Crippen molar-refractivity contribution in [3.63, 3.8) is 0 Å². The normalized spacial score (nSPS) is 15.2. The molecule has 20 heavy (non-hydrogen) atoms. The van der Waals surface area contributed by atoms with Gasteiger partial charge in [-0.2, -0.15) is 0 Å². The molecule has 1 saturated heterocycles. The van der Waals surface area contributed by atoms with Crippen LogP contribution in [0.5, 0.6) is 0 Å². The van der Waals surface area contributed by atoms with Gasteiger partial charge in [0.15, 0.2) is 0 Å². The standard InChI is InChI=1S/C13H12Cl2N4O/c14-11-2-1-10(5-12(11)15)13(20)18-6-9(7-18)8-19-4-3-16-17-19/h1-5,9H,6-8H2. The van der Waals surface area contributed by atoms with Crippen LogP contribution < -0.4 is 0 Å². The number of nitrogens with zero attached hydrogens (tertiary/aromatic N) is 4. The van der Waals surface area contributed by atoms with E-state index in [4.69, 9.17) is 23.2 Å². The summed E-state index contributed by atoms with van der Waals surface area (Å²) in [4.78, 5) is 14.0. The van der Waals surface area contributed by atoms with E-state index in [1.165, 1.54) is 0 Å². The molecule has 0 radical (unpaired) electrons. The SMILES string of the molecule is O=C(c1ccc(Cl)c(Cl)c1)N1CC(Cn2ccnn2)C1. The van der Waals surface area contributed by atoms with E-state index in [-0.39, 0.29) is 5.91 Å². The number of carbonyl (C=O) groups is 1. The molecule has 1 aliphatic heterocycles. The van der Waals surface area contributed by atoms with Gasteiger partial charge in [0.05, 0.1) is 16.2 Å². The van der Waals surface area contributed by atoms with Crippen LogP contribution in [0, 0.1) is 5.92 Å². The van der Waals surface area contributed by atoms with E-state index >= 15 is 0 Å². The third kappa shape index (κ3) is 2.64. The van der Waals surface area contributed by atoms with E-state index in [9.17, 15) is 4.79 Å². The van der Waals surface area contributed by atoms with Crippen molar-refractivity contribution in [3.8, 4) is 0 Å². The van der Waals surface area contributed by atoms with E-state index in [1.807, 2.05) is 6.20 Å². The highest BCUT2D eigenvalue weighted by molar-refractivity contribution is 6.42. The summed E-state index contributed by atoms with van der Waals surface area (Å²) in [7, 11) is 0. The third-order valence-electron chi connectivity index (χ3n) is 3.33. The number of carbonyl (C=O) groups excluding carboxylic acids is 1. The minimum absolute atomic E-state index is 0.0154. The van der Waals surface area contributed by atoms with Crippen molar-refractivity contribution in [2.75, 3.05) is 13.1 Å². The summed E-state index contributed by atoms with van der Waals surface area (Å²) < 4.78 is 1.78. The number of hydrogen-bond donors (Lipinski definition) is 0. The van der Waals surface area contributed by atoms with Crippen molar-refractivity contribution in [2.24, 2.45) is 5.92 Å². The molecule has 0 spiro atoms. The van der Waals surface area contributed by atoms with Crippen molar-refractivity contribution < 1.29 is 4.79 Å². The molecule has 1 aromatic heterocycles. The Hall–Kier alpha value is -1.59. The fourth-order valence-corrected chi connectivity index (χ4v) is 2.56. The van der Waals surface area contributed by atoms with E-state index < -0.39 is 0 Å². The number of benzene rings is 1. The van der Waals surface area contributed by atoms with Gasteiger partial charge in [0.1, 0.15) is 0 Å². The van der Waals surface area contributed by atoms with Crippen LogP contribution in [-0.2, 0) is 6.54 Å².